The molecule has 1 aromatic rings. The number of nitrogens with two attached hydrogens (primary N) is 1. The molecule has 98 valence electrons. The molecule has 0 bridgehead atoms. The lowest BCUT2D eigenvalue weighted by atomic mass is 10.1. The largest absolute Gasteiger partial charge is 0.394 e. The molecule has 0 spiro atoms. The molecular weight excluding hydrogens is 216 g/mol. The van der Waals surface area contributed by atoms with Crippen LogP contribution in [0.5, 0.6) is 0 Å². The number of aromatic nitrogens is 2. The number of ether oxygens (including phenoxy) is 1. The molecule has 0 aliphatic carbocycles. The smallest absolute Gasteiger partial charge is 0.150 e. The molecule has 5 nitrogen and oxygen atoms in total. The first-order valence-electron chi connectivity index (χ1n) is 6.09. The van der Waals surface area contributed by atoms with Crippen LogP contribution in [0.15, 0.2) is 0 Å². The molecule has 0 atom stereocenters. The van der Waals surface area contributed by atoms with Gasteiger partial charge in [-0.15, -0.1) is 0 Å². The Morgan fingerprint density at radius 2 is 2.12 bits per heavy atom. The highest BCUT2D eigenvalue weighted by Crippen LogP contribution is 2.30. The number of aryl methyl sites for hydroxylation is 1. The maximum absolute atomic E-state index is 6.19. The molecule has 0 saturated heterocycles. The van der Waals surface area contributed by atoms with Gasteiger partial charge in [0.25, 0.3) is 0 Å². The number of nitrogens with zero attached hydrogens (tertiary/aromatic N) is 3. The third-order valence-electron chi connectivity index (χ3n) is 2.87. The fraction of sp³-hybridized carbons (Fsp3) is 0.750. The lowest BCUT2D eigenvalue weighted by Crippen LogP contribution is -2.29. The summed E-state index contributed by atoms with van der Waals surface area (Å²) in [5, 5.41) is 4.50. The van der Waals surface area contributed by atoms with Crippen molar-refractivity contribution in [1.29, 1.82) is 0 Å². The summed E-state index contributed by atoms with van der Waals surface area (Å²) in [6.45, 7) is 8.73. The molecule has 0 fully saturated rings. The Bertz CT molecular complexity index is 360. The quantitative estimate of drug-likeness (QED) is 0.820. The van der Waals surface area contributed by atoms with Gasteiger partial charge in [0.15, 0.2) is 0 Å². The monoisotopic (exact) mass is 240 g/mol. The Morgan fingerprint density at radius 3 is 2.53 bits per heavy atom. The Morgan fingerprint density at radius 1 is 1.47 bits per heavy atom. The highest BCUT2D eigenvalue weighted by atomic mass is 16.5. The molecule has 1 heterocycles. The summed E-state index contributed by atoms with van der Waals surface area (Å²) in [6, 6.07) is 0. The van der Waals surface area contributed by atoms with Crippen molar-refractivity contribution in [3.05, 3.63) is 5.69 Å². The topological polar surface area (TPSA) is 56.3 Å². The van der Waals surface area contributed by atoms with Crippen LogP contribution in [0.1, 0.15) is 32.4 Å². The Kier molecular flexibility index (Phi) is 4.81. The number of rotatable bonds is 6. The highest BCUT2D eigenvalue weighted by molar-refractivity contribution is 5.67. The number of anilines is 2. The summed E-state index contributed by atoms with van der Waals surface area (Å²) < 4.78 is 6.98. The van der Waals surface area contributed by atoms with Crippen LogP contribution in [0.4, 0.5) is 11.5 Å². The molecule has 0 aliphatic rings. The first-order chi connectivity index (χ1) is 8.02. The number of nitrogen functional groups attached to an aromatic ring is 1. The Balaban J connectivity index is 3.02. The van der Waals surface area contributed by atoms with E-state index in [0.717, 1.165) is 30.3 Å². The van der Waals surface area contributed by atoms with E-state index in [-0.39, 0.29) is 0 Å². The number of methoxy groups -OCH3 is 1. The van der Waals surface area contributed by atoms with Crippen LogP contribution in [0.2, 0.25) is 0 Å². The van der Waals surface area contributed by atoms with Gasteiger partial charge in [0.05, 0.1) is 18.0 Å². The van der Waals surface area contributed by atoms with Crippen LogP contribution >= 0.6 is 0 Å². The summed E-state index contributed by atoms with van der Waals surface area (Å²) in [5.74, 6) is 1.34. The summed E-state index contributed by atoms with van der Waals surface area (Å²) in [7, 11) is 3.65. The minimum absolute atomic E-state index is 0.344. The van der Waals surface area contributed by atoms with Crippen molar-refractivity contribution < 1.29 is 4.74 Å². The van der Waals surface area contributed by atoms with Crippen LogP contribution in [0.3, 0.4) is 0 Å². The van der Waals surface area contributed by atoms with E-state index in [1.807, 2.05) is 11.7 Å². The minimum Gasteiger partial charge on any atom is -0.394 e. The molecular formula is C12H24N4O. The maximum Gasteiger partial charge on any atom is 0.150 e. The van der Waals surface area contributed by atoms with Gasteiger partial charge in [0, 0.05) is 27.2 Å². The van der Waals surface area contributed by atoms with E-state index >= 15 is 0 Å². The van der Waals surface area contributed by atoms with Crippen molar-refractivity contribution in [2.45, 2.75) is 26.7 Å². The minimum atomic E-state index is 0.344. The van der Waals surface area contributed by atoms with Crippen molar-refractivity contribution in [2.75, 3.05) is 37.4 Å². The van der Waals surface area contributed by atoms with Crippen LogP contribution < -0.4 is 10.6 Å². The molecule has 0 unspecified atom stereocenters. The van der Waals surface area contributed by atoms with E-state index in [1.54, 1.807) is 7.11 Å². The maximum atomic E-state index is 6.19. The molecule has 1 rings (SSSR count). The van der Waals surface area contributed by atoms with E-state index < -0.39 is 0 Å². The first kappa shape index (κ1) is 13.8. The standard InChI is InChI=1S/C12H24N4O/c1-6-16(7-8-17-5)12-10(13)11(9(2)3)14-15(12)4/h9H,6-8,13H2,1-5H3. The molecule has 0 saturated carbocycles. The van der Waals surface area contributed by atoms with E-state index in [9.17, 15) is 0 Å². The van der Waals surface area contributed by atoms with Crippen molar-refractivity contribution in [3.8, 4) is 0 Å². The third kappa shape index (κ3) is 2.91. The molecule has 0 aromatic carbocycles. The second-order valence-corrected chi connectivity index (χ2v) is 4.47. The first-order valence-corrected chi connectivity index (χ1v) is 6.09. The van der Waals surface area contributed by atoms with Gasteiger partial charge < -0.3 is 15.4 Å². The van der Waals surface area contributed by atoms with Gasteiger partial charge in [0.1, 0.15) is 5.82 Å². The Hall–Kier alpha value is -1.23. The highest BCUT2D eigenvalue weighted by Gasteiger charge is 2.19. The van der Waals surface area contributed by atoms with Gasteiger partial charge in [-0.25, -0.2) is 0 Å². The molecule has 5 heteroatoms. The van der Waals surface area contributed by atoms with E-state index in [1.165, 1.54) is 0 Å². The lowest BCUT2D eigenvalue weighted by Gasteiger charge is -2.23. The van der Waals surface area contributed by atoms with Crippen molar-refractivity contribution in [2.24, 2.45) is 7.05 Å². The fourth-order valence-corrected chi connectivity index (χ4v) is 1.97. The zero-order valence-electron chi connectivity index (χ0n) is 11.5. The van der Waals surface area contributed by atoms with Crippen molar-refractivity contribution in [1.82, 2.24) is 9.78 Å². The Labute approximate surface area is 104 Å². The molecule has 0 amide bonds. The number of likely N-dealkylation sites (N-methyl/N-ethyl adjacent to an activating group) is 1. The molecule has 2 N–H and O–H groups in total. The van der Waals surface area contributed by atoms with Crippen LogP contribution in [-0.4, -0.2) is 36.6 Å². The zero-order chi connectivity index (χ0) is 13.0. The van der Waals surface area contributed by atoms with Gasteiger partial charge in [-0.1, -0.05) is 13.8 Å². The molecule has 0 aliphatic heterocycles. The number of hydrogen-bond acceptors (Lipinski definition) is 4. The van der Waals surface area contributed by atoms with E-state index in [2.05, 4.69) is 30.8 Å². The van der Waals surface area contributed by atoms with Crippen LogP contribution in [0.25, 0.3) is 0 Å². The fourth-order valence-electron chi connectivity index (χ4n) is 1.97. The number of hydrogen-bond donors (Lipinski definition) is 1. The summed E-state index contributed by atoms with van der Waals surface area (Å²) >= 11 is 0. The predicted molar refractivity (Wildman–Crippen MR) is 71.5 cm³/mol. The summed E-state index contributed by atoms with van der Waals surface area (Å²) in [4.78, 5) is 2.19. The van der Waals surface area contributed by atoms with Gasteiger partial charge in [-0.3, -0.25) is 4.68 Å². The normalized spacial score (nSPS) is 11.2. The third-order valence-corrected chi connectivity index (χ3v) is 2.87. The van der Waals surface area contributed by atoms with Crippen molar-refractivity contribution in [3.63, 3.8) is 0 Å². The van der Waals surface area contributed by atoms with Gasteiger partial charge in [-0.05, 0) is 12.8 Å². The van der Waals surface area contributed by atoms with Crippen LogP contribution in [0, 0.1) is 0 Å². The van der Waals surface area contributed by atoms with E-state index in [4.69, 9.17) is 10.5 Å². The lowest BCUT2D eigenvalue weighted by molar-refractivity contribution is 0.205. The molecule has 0 radical (unpaired) electrons. The van der Waals surface area contributed by atoms with Gasteiger partial charge in [0.2, 0.25) is 0 Å². The molecule has 17 heavy (non-hydrogen) atoms. The summed E-state index contributed by atoms with van der Waals surface area (Å²) in [6.07, 6.45) is 0. The van der Waals surface area contributed by atoms with E-state index in [0.29, 0.717) is 12.5 Å². The van der Waals surface area contributed by atoms with Crippen molar-refractivity contribution >= 4 is 11.5 Å². The molecule has 1 aromatic heterocycles. The SMILES string of the molecule is CCN(CCOC)c1c(N)c(C(C)C)nn1C. The zero-order valence-corrected chi connectivity index (χ0v) is 11.5. The average molecular weight is 240 g/mol. The van der Waals surface area contributed by atoms with Gasteiger partial charge in [-0.2, -0.15) is 5.10 Å². The van der Waals surface area contributed by atoms with Gasteiger partial charge >= 0.3 is 0 Å². The second-order valence-electron chi connectivity index (χ2n) is 4.47. The average Bonchev–Trinajstić information content (AvgIpc) is 2.57. The second kappa shape index (κ2) is 5.91. The summed E-state index contributed by atoms with van der Waals surface area (Å²) in [5.41, 5.74) is 7.95. The van der Waals surface area contributed by atoms with Crippen LogP contribution in [-0.2, 0) is 11.8 Å². The predicted octanol–water partition coefficient (Wildman–Crippen LogP) is 1.60.